The second-order valence-corrected chi connectivity index (χ2v) is 5.17. The maximum Gasteiger partial charge on any atom is 0.287 e. The van der Waals surface area contributed by atoms with Gasteiger partial charge in [-0.2, -0.15) is 5.10 Å². The largest absolute Gasteiger partial charge is 0.394 e. The molecule has 112 valence electrons. The van der Waals surface area contributed by atoms with E-state index >= 15 is 0 Å². The average Bonchev–Trinajstić information content (AvgIpc) is 2.47. The number of hydrogen-bond donors (Lipinski definition) is 2. The Bertz CT molecular complexity index is 670. The monoisotopic (exact) mass is 307 g/mol. The molecule has 2 aromatic rings. The van der Waals surface area contributed by atoms with Crippen molar-refractivity contribution in [2.45, 2.75) is 19.9 Å². The first-order valence-electron chi connectivity index (χ1n) is 6.77. The van der Waals surface area contributed by atoms with Crippen LogP contribution >= 0.6 is 11.6 Å². The SMILES string of the molecule is Cc1cccc(CCNc2cnn(CCO)c(=O)c2Cl)c1. The fourth-order valence-electron chi connectivity index (χ4n) is 2.05. The molecule has 0 fully saturated rings. The lowest BCUT2D eigenvalue weighted by Crippen LogP contribution is -2.25. The number of halogens is 1. The third-order valence-electron chi connectivity index (χ3n) is 3.11. The van der Waals surface area contributed by atoms with Gasteiger partial charge in [-0.1, -0.05) is 41.4 Å². The lowest BCUT2D eigenvalue weighted by molar-refractivity contribution is 0.266. The first-order valence-corrected chi connectivity index (χ1v) is 7.15. The van der Waals surface area contributed by atoms with E-state index in [-0.39, 0.29) is 18.2 Å². The van der Waals surface area contributed by atoms with Crippen LogP contribution < -0.4 is 10.9 Å². The summed E-state index contributed by atoms with van der Waals surface area (Å²) in [5, 5.41) is 16.0. The summed E-state index contributed by atoms with van der Waals surface area (Å²) in [5.41, 5.74) is 2.56. The Morgan fingerprint density at radius 1 is 1.43 bits per heavy atom. The fraction of sp³-hybridized carbons (Fsp3) is 0.333. The van der Waals surface area contributed by atoms with Gasteiger partial charge in [0.1, 0.15) is 5.02 Å². The highest BCUT2D eigenvalue weighted by molar-refractivity contribution is 6.32. The number of aromatic nitrogens is 2. The van der Waals surface area contributed by atoms with Crippen LogP contribution in [0.4, 0.5) is 5.69 Å². The van der Waals surface area contributed by atoms with Crippen molar-refractivity contribution in [2.75, 3.05) is 18.5 Å². The zero-order chi connectivity index (χ0) is 15.2. The van der Waals surface area contributed by atoms with E-state index in [1.165, 1.54) is 17.3 Å². The smallest absolute Gasteiger partial charge is 0.287 e. The van der Waals surface area contributed by atoms with Crippen LogP contribution in [0.3, 0.4) is 0 Å². The molecular weight excluding hydrogens is 290 g/mol. The van der Waals surface area contributed by atoms with Crippen LogP contribution in [0.1, 0.15) is 11.1 Å². The Morgan fingerprint density at radius 2 is 2.24 bits per heavy atom. The van der Waals surface area contributed by atoms with Crippen LogP contribution in [0, 0.1) is 6.92 Å². The molecule has 0 amide bonds. The molecule has 1 aromatic heterocycles. The first-order chi connectivity index (χ1) is 10.1. The quantitative estimate of drug-likeness (QED) is 0.855. The summed E-state index contributed by atoms with van der Waals surface area (Å²) in [5.74, 6) is 0. The number of anilines is 1. The predicted molar refractivity (Wildman–Crippen MR) is 84.0 cm³/mol. The van der Waals surface area contributed by atoms with Crippen molar-refractivity contribution in [3.8, 4) is 0 Å². The molecule has 2 rings (SSSR count). The van der Waals surface area contributed by atoms with Crippen LogP contribution in [-0.2, 0) is 13.0 Å². The summed E-state index contributed by atoms with van der Waals surface area (Å²) in [4.78, 5) is 11.9. The normalized spacial score (nSPS) is 10.6. The van der Waals surface area contributed by atoms with E-state index in [1.807, 2.05) is 6.07 Å². The standard InChI is InChI=1S/C15H18ClN3O2/c1-11-3-2-4-12(9-11)5-6-17-13-10-18-19(7-8-20)15(21)14(13)16/h2-4,9-10,17,20H,5-8H2,1H3. The number of rotatable bonds is 6. The molecule has 21 heavy (non-hydrogen) atoms. The van der Waals surface area contributed by atoms with Crippen LogP contribution in [0.25, 0.3) is 0 Å². The van der Waals surface area contributed by atoms with Gasteiger partial charge in [-0.3, -0.25) is 4.79 Å². The second-order valence-electron chi connectivity index (χ2n) is 4.79. The van der Waals surface area contributed by atoms with Gasteiger partial charge in [0.05, 0.1) is 25.0 Å². The van der Waals surface area contributed by atoms with Gasteiger partial charge in [0, 0.05) is 6.54 Å². The Balaban J connectivity index is 2.00. The van der Waals surface area contributed by atoms with Gasteiger partial charge in [0.2, 0.25) is 0 Å². The van der Waals surface area contributed by atoms with E-state index in [9.17, 15) is 4.79 Å². The molecule has 0 saturated heterocycles. The number of aliphatic hydroxyl groups is 1. The summed E-state index contributed by atoms with van der Waals surface area (Å²) in [7, 11) is 0. The molecule has 0 unspecified atom stereocenters. The van der Waals surface area contributed by atoms with E-state index in [4.69, 9.17) is 16.7 Å². The number of aryl methyl sites for hydroxylation is 1. The van der Waals surface area contributed by atoms with Gasteiger partial charge in [-0.15, -0.1) is 0 Å². The first kappa shape index (κ1) is 15.5. The van der Waals surface area contributed by atoms with Gasteiger partial charge in [-0.25, -0.2) is 4.68 Å². The molecule has 0 aliphatic heterocycles. The minimum atomic E-state index is -0.397. The molecule has 0 aliphatic carbocycles. The molecule has 0 saturated carbocycles. The van der Waals surface area contributed by atoms with Crippen molar-refractivity contribution in [2.24, 2.45) is 0 Å². The summed E-state index contributed by atoms with van der Waals surface area (Å²) in [6, 6.07) is 8.27. The predicted octanol–water partition coefficient (Wildman–Crippen LogP) is 1.85. The Labute approximate surface area is 128 Å². The van der Waals surface area contributed by atoms with Gasteiger partial charge in [0.15, 0.2) is 0 Å². The summed E-state index contributed by atoms with van der Waals surface area (Å²) >= 11 is 6.02. The highest BCUT2D eigenvalue weighted by Gasteiger charge is 2.08. The molecule has 0 atom stereocenters. The van der Waals surface area contributed by atoms with Gasteiger partial charge >= 0.3 is 0 Å². The molecule has 1 heterocycles. The summed E-state index contributed by atoms with van der Waals surface area (Å²) in [6.45, 7) is 2.71. The highest BCUT2D eigenvalue weighted by Crippen LogP contribution is 2.15. The Hall–Kier alpha value is -1.85. The second kappa shape index (κ2) is 7.24. The van der Waals surface area contributed by atoms with Crippen LogP contribution in [0.5, 0.6) is 0 Å². The van der Waals surface area contributed by atoms with Crippen molar-refractivity contribution >= 4 is 17.3 Å². The minimum Gasteiger partial charge on any atom is -0.394 e. The van der Waals surface area contributed by atoms with Crippen LogP contribution in [0.15, 0.2) is 35.3 Å². The summed E-state index contributed by atoms with van der Waals surface area (Å²) in [6.07, 6.45) is 2.34. The number of nitrogens with one attached hydrogen (secondary N) is 1. The molecule has 0 radical (unpaired) electrons. The van der Waals surface area contributed by atoms with Crippen LogP contribution in [0.2, 0.25) is 5.02 Å². The third kappa shape index (κ3) is 4.06. The Morgan fingerprint density at radius 3 is 2.95 bits per heavy atom. The van der Waals surface area contributed by atoms with E-state index in [0.29, 0.717) is 12.2 Å². The van der Waals surface area contributed by atoms with E-state index in [2.05, 4.69) is 35.5 Å². The van der Waals surface area contributed by atoms with Crippen molar-refractivity contribution in [3.05, 3.63) is 57.0 Å². The van der Waals surface area contributed by atoms with E-state index < -0.39 is 5.56 Å². The zero-order valence-electron chi connectivity index (χ0n) is 11.8. The van der Waals surface area contributed by atoms with E-state index in [0.717, 1.165) is 11.1 Å². The van der Waals surface area contributed by atoms with Gasteiger partial charge in [0.25, 0.3) is 5.56 Å². The van der Waals surface area contributed by atoms with Crippen molar-refractivity contribution in [1.82, 2.24) is 9.78 Å². The number of aliphatic hydroxyl groups excluding tert-OH is 1. The molecule has 0 bridgehead atoms. The summed E-state index contributed by atoms with van der Waals surface area (Å²) < 4.78 is 1.15. The molecule has 1 aromatic carbocycles. The Kier molecular flexibility index (Phi) is 5.36. The molecule has 2 N–H and O–H groups in total. The lowest BCUT2D eigenvalue weighted by Gasteiger charge is -2.10. The minimum absolute atomic E-state index is 0.0997. The van der Waals surface area contributed by atoms with Gasteiger partial charge < -0.3 is 10.4 Å². The molecule has 0 aliphatic rings. The lowest BCUT2D eigenvalue weighted by atomic mass is 10.1. The molecular formula is C15H18ClN3O2. The van der Waals surface area contributed by atoms with Crippen molar-refractivity contribution in [1.29, 1.82) is 0 Å². The molecule has 6 heteroatoms. The molecule has 5 nitrogen and oxygen atoms in total. The topological polar surface area (TPSA) is 67.2 Å². The third-order valence-corrected chi connectivity index (χ3v) is 3.47. The van der Waals surface area contributed by atoms with Crippen molar-refractivity contribution < 1.29 is 5.11 Å². The zero-order valence-corrected chi connectivity index (χ0v) is 12.6. The average molecular weight is 308 g/mol. The number of nitrogens with zero attached hydrogens (tertiary/aromatic N) is 2. The van der Waals surface area contributed by atoms with Crippen molar-refractivity contribution in [3.63, 3.8) is 0 Å². The fourth-order valence-corrected chi connectivity index (χ4v) is 2.26. The number of hydrogen-bond acceptors (Lipinski definition) is 4. The maximum absolute atomic E-state index is 11.9. The highest BCUT2D eigenvalue weighted by atomic mass is 35.5. The van der Waals surface area contributed by atoms with E-state index in [1.54, 1.807) is 0 Å². The number of benzene rings is 1. The molecule has 0 spiro atoms. The van der Waals surface area contributed by atoms with Gasteiger partial charge in [-0.05, 0) is 18.9 Å². The maximum atomic E-state index is 11.9. The van der Waals surface area contributed by atoms with Crippen LogP contribution in [-0.4, -0.2) is 28.0 Å².